The summed E-state index contributed by atoms with van der Waals surface area (Å²) in [6.45, 7) is 4.54. The molecule has 1 aliphatic rings. The first-order valence-corrected chi connectivity index (χ1v) is 6.99. The highest BCUT2D eigenvalue weighted by Gasteiger charge is 2.25. The first-order chi connectivity index (χ1) is 9.61. The van der Waals surface area contributed by atoms with E-state index in [0.717, 1.165) is 6.54 Å². The first kappa shape index (κ1) is 15.4. The fraction of sp³-hybridized carbons (Fsp3) is 0.600. The number of aliphatic hydroxyl groups is 2. The van der Waals surface area contributed by atoms with E-state index in [0.29, 0.717) is 25.3 Å². The van der Waals surface area contributed by atoms with Gasteiger partial charge in [-0.15, -0.1) is 0 Å². The fourth-order valence-electron chi connectivity index (χ4n) is 2.59. The lowest BCUT2D eigenvalue weighted by atomic mass is 9.96. The Labute approximate surface area is 118 Å². The molecule has 20 heavy (non-hydrogen) atoms. The van der Waals surface area contributed by atoms with Crippen LogP contribution in [0.4, 0.5) is 4.39 Å². The molecule has 1 heterocycles. The highest BCUT2D eigenvalue weighted by atomic mass is 19.1. The molecule has 0 aliphatic carbocycles. The summed E-state index contributed by atoms with van der Waals surface area (Å²) >= 11 is 0. The minimum atomic E-state index is -0.827. The van der Waals surface area contributed by atoms with Gasteiger partial charge in [0, 0.05) is 25.2 Å². The quantitative estimate of drug-likeness (QED) is 0.852. The lowest BCUT2D eigenvalue weighted by molar-refractivity contribution is -0.0605. The normalized spacial score (nSPS) is 23.5. The van der Waals surface area contributed by atoms with E-state index >= 15 is 0 Å². The lowest BCUT2D eigenvalue weighted by Gasteiger charge is -2.34. The molecular formula is C15H22FNO3. The highest BCUT2D eigenvalue weighted by Crippen LogP contribution is 2.25. The summed E-state index contributed by atoms with van der Waals surface area (Å²) in [6, 6.07) is 6.32. The summed E-state index contributed by atoms with van der Waals surface area (Å²) in [5.41, 5.74) is 0.340. The molecule has 1 fully saturated rings. The summed E-state index contributed by atoms with van der Waals surface area (Å²) < 4.78 is 19.1. The van der Waals surface area contributed by atoms with Crippen LogP contribution in [0, 0.1) is 11.7 Å². The molecule has 0 amide bonds. The molecule has 4 nitrogen and oxygen atoms in total. The SMILES string of the molecule is CC(CN1CCOC(CO)C1)C(O)c1ccccc1F. The molecule has 3 unspecified atom stereocenters. The van der Waals surface area contributed by atoms with Crippen molar-refractivity contribution in [3.63, 3.8) is 0 Å². The number of aliphatic hydroxyl groups excluding tert-OH is 2. The molecule has 1 saturated heterocycles. The van der Waals surface area contributed by atoms with Crippen LogP contribution in [-0.4, -0.2) is 54.1 Å². The van der Waals surface area contributed by atoms with E-state index in [2.05, 4.69) is 4.90 Å². The Kier molecular flexibility index (Phi) is 5.48. The van der Waals surface area contributed by atoms with Gasteiger partial charge in [-0.25, -0.2) is 4.39 Å². The van der Waals surface area contributed by atoms with Gasteiger partial charge in [0.1, 0.15) is 5.82 Å². The van der Waals surface area contributed by atoms with Gasteiger partial charge in [-0.3, -0.25) is 4.90 Å². The van der Waals surface area contributed by atoms with Gasteiger partial charge in [0.15, 0.2) is 0 Å². The Balaban J connectivity index is 1.94. The number of morpholine rings is 1. The molecule has 0 saturated carbocycles. The monoisotopic (exact) mass is 283 g/mol. The molecular weight excluding hydrogens is 261 g/mol. The summed E-state index contributed by atoms with van der Waals surface area (Å²) in [5.74, 6) is -0.466. The molecule has 0 bridgehead atoms. The van der Waals surface area contributed by atoms with Crippen molar-refractivity contribution < 1.29 is 19.3 Å². The molecule has 5 heteroatoms. The topological polar surface area (TPSA) is 52.9 Å². The number of ether oxygens (including phenoxy) is 1. The van der Waals surface area contributed by atoms with E-state index in [1.807, 2.05) is 6.92 Å². The fourth-order valence-corrected chi connectivity index (χ4v) is 2.59. The number of hydrogen-bond donors (Lipinski definition) is 2. The minimum absolute atomic E-state index is 0.000742. The standard InChI is InChI=1S/C15H22FNO3/c1-11(8-17-6-7-20-12(9-17)10-18)15(19)13-4-2-3-5-14(13)16/h2-5,11-12,15,18-19H,6-10H2,1H3. The van der Waals surface area contributed by atoms with E-state index in [-0.39, 0.29) is 24.4 Å². The van der Waals surface area contributed by atoms with Gasteiger partial charge in [0.2, 0.25) is 0 Å². The van der Waals surface area contributed by atoms with E-state index < -0.39 is 6.10 Å². The maximum absolute atomic E-state index is 13.7. The van der Waals surface area contributed by atoms with E-state index in [1.165, 1.54) is 6.07 Å². The number of halogens is 1. The van der Waals surface area contributed by atoms with Crippen molar-refractivity contribution in [1.82, 2.24) is 4.90 Å². The van der Waals surface area contributed by atoms with Crippen LogP contribution in [-0.2, 0) is 4.74 Å². The second-order valence-corrected chi connectivity index (χ2v) is 5.38. The summed E-state index contributed by atoms with van der Waals surface area (Å²) in [7, 11) is 0. The average Bonchev–Trinajstić information content (AvgIpc) is 2.47. The Morgan fingerprint density at radius 2 is 2.20 bits per heavy atom. The van der Waals surface area contributed by atoms with Gasteiger partial charge in [-0.2, -0.15) is 0 Å². The van der Waals surface area contributed by atoms with Crippen LogP contribution in [0.5, 0.6) is 0 Å². The summed E-state index contributed by atoms with van der Waals surface area (Å²) in [4.78, 5) is 2.14. The van der Waals surface area contributed by atoms with Gasteiger partial charge in [-0.05, 0) is 12.0 Å². The van der Waals surface area contributed by atoms with Gasteiger partial charge in [-0.1, -0.05) is 25.1 Å². The van der Waals surface area contributed by atoms with E-state index in [9.17, 15) is 9.50 Å². The average molecular weight is 283 g/mol. The predicted octanol–water partition coefficient (Wildman–Crippen LogP) is 1.19. The van der Waals surface area contributed by atoms with Crippen molar-refractivity contribution in [1.29, 1.82) is 0 Å². The molecule has 1 aromatic rings. The Bertz CT molecular complexity index is 429. The molecule has 1 aromatic carbocycles. The molecule has 3 atom stereocenters. The van der Waals surface area contributed by atoms with Crippen LogP contribution in [0.25, 0.3) is 0 Å². The van der Waals surface area contributed by atoms with Crippen LogP contribution in [0.3, 0.4) is 0 Å². The van der Waals surface area contributed by atoms with Crippen molar-refractivity contribution in [2.75, 3.05) is 32.8 Å². The Morgan fingerprint density at radius 1 is 1.45 bits per heavy atom. The van der Waals surface area contributed by atoms with Gasteiger partial charge >= 0.3 is 0 Å². The van der Waals surface area contributed by atoms with Crippen molar-refractivity contribution in [3.05, 3.63) is 35.6 Å². The highest BCUT2D eigenvalue weighted by molar-refractivity contribution is 5.20. The Morgan fingerprint density at radius 3 is 2.90 bits per heavy atom. The van der Waals surface area contributed by atoms with Gasteiger partial charge < -0.3 is 14.9 Å². The van der Waals surface area contributed by atoms with Crippen molar-refractivity contribution >= 4 is 0 Å². The number of benzene rings is 1. The lowest BCUT2D eigenvalue weighted by Crippen LogP contribution is -2.46. The van der Waals surface area contributed by atoms with Gasteiger partial charge in [0.05, 0.1) is 25.4 Å². The minimum Gasteiger partial charge on any atom is -0.394 e. The molecule has 1 aliphatic heterocycles. The predicted molar refractivity (Wildman–Crippen MR) is 73.8 cm³/mol. The van der Waals surface area contributed by atoms with E-state index in [4.69, 9.17) is 9.84 Å². The smallest absolute Gasteiger partial charge is 0.129 e. The molecule has 0 radical (unpaired) electrons. The van der Waals surface area contributed by atoms with Crippen LogP contribution < -0.4 is 0 Å². The van der Waals surface area contributed by atoms with Crippen LogP contribution in [0.2, 0.25) is 0 Å². The third-order valence-electron chi connectivity index (χ3n) is 3.74. The molecule has 2 N–H and O–H groups in total. The molecule has 112 valence electrons. The zero-order valence-electron chi connectivity index (χ0n) is 11.7. The zero-order valence-corrected chi connectivity index (χ0v) is 11.7. The number of rotatable bonds is 5. The molecule has 0 aromatic heterocycles. The van der Waals surface area contributed by atoms with Crippen molar-refractivity contribution in [2.45, 2.75) is 19.1 Å². The largest absolute Gasteiger partial charge is 0.394 e. The maximum atomic E-state index is 13.7. The molecule has 0 spiro atoms. The third kappa shape index (κ3) is 3.76. The second kappa shape index (κ2) is 7.13. The summed E-state index contributed by atoms with van der Waals surface area (Å²) in [6.07, 6.45) is -0.992. The summed E-state index contributed by atoms with van der Waals surface area (Å²) in [5, 5.41) is 19.4. The van der Waals surface area contributed by atoms with Gasteiger partial charge in [0.25, 0.3) is 0 Å². The van der Waals surface area contributed by atoms with Crippen LogP contribution in [0.1, 0.15) is 18.6 Å². The number of nitrogens with zero attached hydrogens (tertiary/aromatic N) is 1. The third-order valence-corrected chi connectivity index (χ3v) is 3.74. The van der Waals surface area contributed by atoms with Crippen molar-refractivity contribution in [3.8, 4) is 0 Å². The van der Waals surface area contributed by atoms with E-state index in [1.54, 1.807) is 18.2 Å². The van der Waals surface area contributed by atoms with Crippen LogP contribution in [0.15, 0.2) is 24.3 Å². The Hall–Kier alpha value is -1.01. The van der Waals surface area contributed by atoms with Crippen LogP contribution >= 0.6 is 0 Å². The molecule has 2 rings (SSSR count). The number of hydrogen-bond acceptors (Lipinski definition) is 4. The first-order valence-electron chi connectivity index (χ1n) is 6.99. The maximum Gasteiger partial charge on any atom is 0.129 e. The van der Waals surface area contributed by atoms with Crippen molar-refractivity contribution in [2.24, 2.45) is 5.92 Å². The zero-order chi connectivity index (χ0) is 14.5. The second-order valence-electron chi connectivity index (χ2n) is 5.38.